The first-order valence-electron chi connectivity index (χ1n) is 9.99. The first-order chi connectivity index (χ1) is 14.4. The Morgan fingerprint density at radius 1 is 1.00 bits per heavy atom. The van der Waals surface area contributed by atoms with Gasteiger partial charge < -0.3 is 9.47 Å². The minimum absolute atomic E-state index is 0.223. The van der Waals surface area contributed by atoms with E-state index in [-0.39, 0.29) is 17.9 Å². The lowest BCUT2D eigenvalue weighted by Crippen LogP contribution is -2.41. The van der Waals surface area contributed by atoms with E-state index >= 15 is 0 Å². The van der Waals surface area contributed by atoms with Gasteiger partial charge >= 0.3 is 0 Å². The van der Waals surface area contributed by atoms with Gasteiger partial charge in [0.05, 0.1) is 25.9 Å². The van der Waals surface area contributed by atoms with Crippen LogP contribution in [0.15, 0.2) is 42.5 Å². The Morgan fingerprint density at radius 2 is 1.73 bits per heavy atom. The number of hydrogen-bond acceptors (Lipinski definition) is 6. The number of methoxy groups -OCH3 is 2. The number of nitrogens with zero attached hydrogens (tertiary/aromatic N) is 2. The molecule has 0 radical (unpaired) electrons. The largest absolute Gasteiger partial charge is 0.497 e. The van der Waals surface area contributed by atoms with Crippen LogP contribution in [0.2, 0.25) is 0 Å². The highest BCUT2D eigenvalue weighted by Crippen LogP contribution is 2.50. The molecule has 7 nitrogen and oxygen atoms in total. The summed E-state index contributed by atoms with van der Waals surface area (Å²) in [6, 6.07) is 12.5. The lowest BCUT2D eigenvalue weighted by molar-refractivity contribution is -0.145. The highest BCUT2D eigenvalue weighted by Gasteiger charge is 2.60. The quantitative estimate of drug-likeness (QED) is 0.705. The first-order valence-corrected chi connectivity index (χ1v) is 9.99. The maximum Gasteiger partial charge on any atom is 0.262 e. The molecule has 0 aliphatic carbocycles. The zero-order chi connectivity index (χ0) is 21.6. The number of imide groups is 1. The number of fused-ring (bicyclic) bond motifs is 1. The summed E-state index contributed by atoms with van der Waals surface area (Å²) in [5, 5.41) is 1.70. The molecule has 2 aliphatic rings. The average molecular weight is 410 g/mol. The number of carbonyl (C=O) groups is 2. The topological polar surface area (TPSA) is 68.3 Å². The number of benzene rings is 2. The summed E-state index contributed by atoms with van der Waals surface area (Å²) >= 11 is 0. The zero-order valence-corrected chi connectivity index (χ0v) is 17.8. The second kappa shape index (κ2) is 7.65. The Morgan fingerprint density at radius 3 is 2.37 bits per heavy atom. The van der Waals surface area contributed by atoms with Crippen molar-refractivity contribution >= 4 is 17.5 Å². The lowest BCUT2D eigenvalue weighted by Gasteiger charge is -2.31. The van der Waals surface area contributed by atoms with Crippen LogP contribution in [-0.4, -0.2) is 43.1 Å². The van der Waals surface area contributed by atoms with E-state index in [0.717, 1.165) is 16.8 Å². The molecule has 0 N–H and O–H groups in total. The van der Waals surface area contributed by atoms with Crippen molar-refractivity contribution in [2.24, 2.45) is 5.92 Å². The molecule has 0 saturated carbocycles. The van der Waals surface area contributed by atoms with Crippen LogP contribution < -0.4 is 14.5 Å². The van der Waals surface area contributed by atoms with Gasteiger partial charge in [0, 0.05) is 17.7 Å². The SMILES string of the molecule is COc1ccc(C2C3C(=O)N(C(C)C)C(=O)C3ON2c2ccccc2C)c(OC)c1. The van der Waals surface area contributed by atoms with Gasteiger partial charge in [-0.05, 0) is 44.5 Å². The third kappa shape index (κ3) is 3.01. The molecule has 2 saturated heterocycles. The van der Waals surface area contributed by atoms with Gasteiger partial charge in [-0.3, -0.25) is 19.3 Å². The molecule has 30 heavy (non-hydrogen) atoms. The summed E-state index contributed by atoms with van der Waals surface area (Å²) in [6.45, 7) is 5.64. The predicted octanol–water partition coefficient (Wildman–Crippen LogP) is 3.27. The Kier molecular flexibility index (Phi) is 5.15. The van der Waals surface area contributed by atoms with Gasteiger partial charge in [-0.2, -0.15) is 0 Å². The van der Waals surface area contributed by atoms with E-state index in [2.05, 4.69) is 0 Å². The van der Waals surface area contributed by atoms with Crippen LogP contribution in [0.3, 0.4) is 0 Å². The molecule has 2 fully saturated rings. The van der Waals surface area contributed by atoms with Crippen molar-refractivity contribution < 1.29 is 23.9 Å². The minimum Gasteiger partial charge on any atom is -0.497 e. The number of likely N-dealkylation sites (tertiary alicyclic amines) is 1. The predicted molar refractivity (Wildman–Crippen MR) is 111 cm³/mol. The summed E-state index contributed by atoms with van der Waals surface area (Å²) in [4.78, 5) is 33.9. The smallest absolute Gasteiger partial charge is 0.262 e. The van der Waals surface area contributed by atoms with Crippen molar-refractivity contribution in [3.8, 4) is 11.5 Å². The monoisotopic (exact) mass is 410 g/mol. The van der Waals surface area contributed by atoms with Gasteiger partial charge in [-0.15, -0.1) is 0 Å². The molecular formula is C23H26N2O5. The summed E-state index contributed by atoms with van der Waals surface area (Å²) in [5.74, 6) is 0.0332. The summed E-state index contributed by atoms with van der Waals surface area (Å²) in [7, 11) is 3.16. The van der Waals surface area contributed by atoms with Crippen molar-refractivity contribution in [3.63, 3.8) is 0 Å². The standard InChI is InChI=1S/C23H26N2O5/c1-13(2)24-22(26)19-20(16-11-10-15(28-4)12-18(16)29-5)25(30-21(19)23(24)27)17-9-7-6-8-14(17)3/h6-13,19-21H,1-5H3. The Labute approximate surface area is 176 Å². The van der Waals surface area contributed by atoms with Gasteiger partial charge in [0.1, 0.15) is 17.4 Å². The van der Waals surface area contributed by atoms with Crippen molar-refractivity contribution in [2.45, 2.75) is 39.0 Å². The molecule has 2 aromatic rings. The van der Waals surface area contributed by atoms with Crippen LogP contribution in [0, 0.1) is 12.8 Å². The normalized spacial score (nSPS) is 23.3. The van der Waals surface area contributed by atoms with Crippen molar-refractivity contribution in [1.29, 1.82) is 0 Å². The molecule has 0 bridgehead atoms. The maximum atomic E-state index is 13.3. The fourth-order valence-electron chi connectivity index (χ4n) is 4.34. The number of anilines is 1. The van der Waals surface area contributed by atoms with Gasteiger partial charge in [0.15, 0.2) is 6.10 Å². The van der Waals surface area contributed by atoms with Gasteiger partial charge in [0.2, 0.25) is 5.91 Å². The molecule has 4 rings (SSSR count). The summed E-state index contributed by atoms with van der Waals surface area (Å²) < 4.78 is 11.0. The number of hydroxylamine groups is 1. The zero-order valence-electron chi connectivity index (χ0n) is 17.8. The maximum absolute atomic E-state index is 13.3. The van der Waals surface area contributed by atoms with E-state index in [0.29, 0.717) is 11.5 Å². The Bertz CT molecular complexity index is 989. The molecular weight excluding hydrogens is 384 g/mol. The number of rotatable bonds is 5. The molecule has 0 spiro atoms. The van der Waals surface area contributed by atoms with Crippen LogP contribution in [0.25, 0.3) is 0 Å². The highest BCUT2D eigenvalue weighted by atomic mass is 16.7. The van der Waals surface area contributed by atoms with Gasteiger partial charge in [-0.1, -0.05) is 18.2 Å². The van der Waals surface area contributed by atoms with Crippen LogP contribution >= 0.6 is 0 Å². The second-order valence-corrected chi connectivity index (χ2v) is 7.86. The Balaban J connectivity index is 1.87. The van der Waals surface area contributed by atoms with Crippen molar-refractivity contribution in [2.75, 3.05) is 19.3 Å². The highest BCUT2D eigenvalue weighted by molar-refractivity contribution is 6.08. The lowest BCUT2D eigenvalue weighted by atomic mass is 9.89. The van der Waals surface area contributed by atoms with Crippen LogP contribution in [0.5, 0.6) is 11.5 Å². The summed E-state index contributed by atoms with van der Waals surface area (Å²) in [5.41, 5.74) is 2.56. The second-order valence-electron chi connectivity index (χ2n) is 7.86. The van der Waals surface area contributed by atoms with Crippen LogP contribution in [0.1, 0.15) is 31.0 Å². The van der Waals surface area contributed by atoms with Crippen LogP contribution in [0.4, 0.5) is 5.69 Å². The van der Waals surface area contributed by atoms with E-state index in [1.807, 2.05) is 57.2 Å². The number of para-hydroxylation sites is 1. The number of ether oxygens (including phenoxy) is 2. The fraction of sp³-hybridized carbons (Fsp3) is 0.391. The van der Waals surface area contributed by atoms with Crippen molar-refractivity contribution in [3.05, 3.63) is 53.6 Å². The van der Waals surface area contributed by atoms with E-state index in [9.17, 15) is 9.59 Å². The third-order valence-corrected chi connectivity index (χ3v) is 5.78. The molecule has 158 valence electrons. The molecule has 0 aromatic heterocycles. The van der Waals surface area contributed by atoms with Gasteiger partial charge in [0.25, 0.3) is 5.91 Å². The Hall–Kier alpha value is -3.06. The van der Waals surface area contributed by atoms with Crippen LogP contribution in [-0.2, 0) is 14.4 Å². The fourth-order valence-corrected chi connectivity index (χ4v) is 4.34. The van der Waals surface area contributed by atoms with Crippen molar-refractivity contribution in [1.82, 2.24) is 4.90 Å². The van der Waals surface area contributed by atoms with E-state index < -0.39 is 18.1 Å². The molecule has 3 unspecified atom stereocenters. The van der Waals surface area contributed by atoms with E-state index in [4.69, 9.17) is 14.3 Å². The van der Waals surface area contributed by atoms with Gasteiger partial charge in [-0.25, -0.2) is 5.06 Å². The van der Waals surface area contributed by atoms with E-state index in [1.54, 1.807) is 25.3 Å². The molecule has 3 atom stereocenters. The number of hydrogen-bond donors (Lipinski definition) is 0. The first kappa shape index (κ1) is 20.2. The van der Waals surface area contributed by atoms with E-state index in [1.165, 1.54) is 4.90 Å². The number of amides is 2. The molecule has 2 aliphatic heterocycles. The third-order valence-electron chi connectivity index (χ3n) is 5.78. The number of aryl methyl sites for hydroxylation is 1. The minimum atomic E-state index is -0.865. The average Bonchev–Trinajstić information content (AvgIpc) is 3.23. The molecule has 7 heteroatoms. The molecule has 2 heterocycles. The summed E-state index contributed by atoms with van der Waals surface area (Å²) in [6.07, 6.45) is -0.865. The molecule has 2 amide bonds. The number of carbonyl (C=O) groups excluding carboxylic acids is 2. The molecule has 2 aromatic carbocycles.